The summed E-state index contributed by atoms with van der Waals surface area (Å²) in [5.41, 5.74) is 1.38. The quantitative estimate of drug-likeness (QED) is 0.897. The molecule has 0 atom stereocenters. The highest BCUT2D eigenvalue weighted by Crippen LogP contribution is 2.18. The van der Waals surface area contributed by atoms with E-state index in [-0.39, 0.29) is 12.5 Å². The van der Waals surface area contributed by atoms with Crippen LogP contribution in [0.5, 0.6) is 5.88 Å². The summed E-state index contributed by atoms with van der Waals surface area (Å²) in [6.07, 6.45) is 5.16. The highest BCUT2D eigenvalue weighted by atomic mass is 16.5. The molecule has 1 amide bonds. The number of nitrogens with one attached hydrogen (secondary N) is 1. The zero-order chi connectivity index (χ0) is 17.6. The first-order valence-electron chi connectivity index (χ1n) is 8.53. The third kappa shape index (κ3) is 4.43. The molecule has 1 aliphatic heterocycles. The Hall–Kier alpha value is -2.70. The van der Waals surface area contributed by atoms with Crippen molar-refractivity contribution in [3.8, 4) is 5.88 Å². The fraction of sp³-hybridized carbons (Fsp3) is 0.444. The van der Waals surface area contributed by atoms with Crippen molar-refractivity contribution in [3.63, 3.8) is 0 Å². The second-order valence-electron chi connectivity index (χ2n) is 6.10. The third-order valence-electron chi connectivity index (χ3n) is 4.18. The summed E-state index contributed by atoms with van der Waals surface area (Å²) in [6, 6.07) is 5.34. The number of aromatic nitrogens is 3. The van der Waals surface area contributed by atoms with Crippen LogP contribution in [0, 0.1) is 6.92 Å². The number of amides is 1. The molecule has 0 aliphatic carbocycles. The van der Waals surface area contributed by atoms with Crippen molar-refractivity contribution in [1.82, 2.24) is 20.3 Å². The molecule has 0 saturated carbocycles. The van der Waals surface area contributed by atoms with E-state index in [0.717, 1.165) is 24.6 Å². The first kappa shape index (κ1) is 17.1. The lowest BCUT2D eigenvalue weighted by atomic mass is 10.1. The van der Waals surface area contributed by atoms with Gasteiger partial charge < -0.3 is 15.0 Å². The molecule has 25 heavy (non-hydrogen) atoms. The summed E-state index contributed by atoms with van der Waals surface area (Å²) >= 11 is 0. The van der Waals surface area contributed by atoms with Crippen molar-refractivity contribution in [1.29, 1.82) is 0 Å². The van der Waals surface area contributed by atoms with Gasteiger partial charge in [-0.3, -0.25) is 4.79 Å². The predicted octanol–water partition coefficient (Wildman–Crippen LogP) is 2.11. The Kier molecular flexibility index (Phi) is 5.42. The number of carbonyl (C=O) groups excluding carboxylic acids is 1. The van der Waals surface area contributed by atoms with Crippen LogP contribution in [0.2, 0.25) is 0 Å². The van der Waals surface area contributed by atoms with Crippen molar-refractivity contribution in [3.05, 3.63) is 41.5 Å². The van der Waals surface area contributed by atoms with Crippen LogP contribution < -0.4 is 15.0 Å². The first-order chi connectivity index (χ1) is 12.2. The SMILES string of the molecule is COc1ccc(C(=O)NCc2nc(C)cc(N3CCCCC3)n2)cn1. The molecule has 1 saturated heterocycles. The maximum Gasteiger partial charge on any atom is 0.253 e. The van der Waals surface area contributed by atoms with Gasteiger partial charge in [0.05, 0.1) is 19.2 Å². The summed E-state index contributed by atoms with van der Waals surface area (Å²) < 4.78 is 4.99. The average Bonchev–Trinajstić information content (AvgIpc) is 2.66. The van der Waals surface area contributed by atoms with E-state index in [1.807, 2.05) is 13.0 Å². The molecule has 3 heterocycles. The molecule has 2 aromatic rings. The largest absolute Gasteiger partial charge is 0.481 e. The number of anilines is 1. The van der Waals surface area contributed by atoms with Crippen LogP contribution in [0.3, 0.4) is 0 Å². The number of hydrogen-bond acceptors (Lipinski definition) is 6. The molecule has 0 spiro atoms. The van der Waals surface area contributed by atoms with Crippen LogP contribution in [0.4, 0.5) is 5.82 Å². The fourth-order valence-electron chi connectivity index (χ4n) is 2.87. The highest BCUT2D eigenvalue weighted by molar-refractivity contribution is 5.93. The maximum absolute atomic E-state index is 12.2. The zero-order valence-corrected chi connectivity index (χ0v) is 14.7. The highest BCUT2D eigenvalue weighted by Gasteiger charge is 2.14. The van der Waals surface area contributed by atoms with Gasteiger partial charge in [-0.15, -0.1) is 0 Å². The van der Waals surface area contributed by atoms with E-state index in [1.165, 1.54) is 32.6 Å². The Labute approximate surface area is 147 Å². The number of hydrogen-bond donors (Lipinski definition) is 1. The fourth-order valence-corrected chi connectivity index (χ4v) is 2.87. The van der Waals surface area contributed by atoms with Gasteiger partial charge in [0.15, 0.2) is 0 Å². The van der Waals surface area contributed by atoms with Crippen LogP contribution in [-0.4, -0.2) is 41.1 Å². The van der Waals surface area contributed by atoms with Gasteiger partial charge in [0.2, 0.25) is 5.88 Å². The molecule has 7 heteroatoms. The van der Waals surface area contributed by atoms with E-state index in [1.54, 1.807) is 12.1 Å². The number of aryl methyl sites for hydroxylation is 1. The summed E-state index contributed by atoms with van der Waals surface area (Å²) in [5, 5.41) is 2.85. The topological polar surface area (TPSA) is 80.2 Å². The molecule has 1 fully saturated rings. The number of pyridine rings is 1. The maximum atomic E-state index is 12.2. The molecule has 0 unspecified atom stereocenters. The van der Waals surface area contributed by atoms with Gasteiger partial charge in [-0.05, 0) is 32.3 Å². The van der Waals surface area contributed by atoms with E-state index in [0.29, 0.717) is 17.3 Å². The van der Waals surface area contributed by atoms with E-state index in [9.17, 15) is 4.79 Å². The van der Waals surface area contributed by atoms with Gasteiger partial charge in [-0.2, -0.15) is 0 Å². The Morgan fingerprint density at radius 2 is 2.04 bits per heavy atom. The normalized spacial score (nSPS) is 14.2. The van der Waals surface area contributed by atoms with Crippen LogP contribution in [0.1, 0.15) is 41.1 Å². The lowest BCUT2D eigenvalue weighted by Crippen LogP contribution is -2.31. The summed E-state index contributed by atoms with van der Waals surface area (Å²) in [7, 11) is 1.54. The standard InChI is InChI=1S/C18H23N5O2/c1-13-10-16(23-8-4-3-5-9-23)22-15(21-13)12-20-18(24)14-6-7-17(25-2)19-11-14/h6-7,10-11H,3-5,8-9,12H2,1-2H3,(H,20,24). The van der Waals surface area contributed by atoms with E-state index < -0.39 is 0 Å². The van der Waals surface area contributed by atoms with Crippen LogP contribution in [0.15, 0.2) is 24.4 Å². The molecule has 0 aromatic carbocycles. The van der Waals surface area contributed by atoms with Crippen LogP contribution >= 0.6 is 0 Å². The second kappa shape index (κ2) is 7.92. The average molecular weight is 341 g/mol. The Bertz CT molecular complexity index is 727. The van der Waals surface area contributed by atoms with Gasteiger partial charge in [-0.1, -0.05) is 0 Å². The van der Waals surface area contributed by atoms with E-state index >= 15 is 0 Å². The Morgan fingerprint density at radius 1 is 1.24 bits per heavy atom. The van der Waals surface area contributed by atoms with Gasteiger partial charge in [0.1, 0.15) is 11.6 Å². The number of nitrogens with zero attached hydrogens (tertiary/aromatic N) is 4. The minimum Gasteiger partial charge on any atom is -0.481 e. The van der Waals surface area contributed by atoms with Gasteiger partial charge >= 0.3 is 0 Å². The van der Waals surface area contributed by atoms with Crippen molar-refractivity contribution >= 4 is 11.7 Å². The Morgan fingerprint density at radius 3 is 2.72 bits per heavy atom. The van der Waals surface area contributed by atoms with Crippen LogP contribution in [-0.2, 0) is 6.54 Å². The molecular weight excluding hydrogens is 318 g/mol. The second-order valence-corrected chi connectivity index (χ2v) is 6.10. The molecule has 7 nitrogen and oxygen atoms in total. The molecule has 132 valence electrons. The predicted molar refractivity (Wildman–Crippen MR) is 94.8 cm³/mol. The number of carbonyl (C=O) groups is 1. The minimum absolute atomic E-state index is 0.209. The van der Waals surface area contributed by atoms with Crippen molar-refractivity contribution in [2.75, 3.05) is 25.1 Å². The van der Waals surface area contributed by atoms with Crippen molar-refractivity contribution in [2.24, 2.45) is 0 Å². The summed E-state index contributed by atoms with van der Waals surface area (Å²) in [4.78, 5) is 27.6. The minimum atomic E-state index is -0.209. The molecular formula is C18H23N5O2. The van der Waals surface area contributed by atoms with Gasteiger partial charge in [-0.25, -0.2) is 15.0 Å². The smallest absolute Gasteiger partial charge is 0.253 e. The van der Waals surface area contributed by atoms with Crippen molar-refractivity contribution < 1.29 is 9.53 Å². The van der Waals surface area contributed by atoms with Gasteiger partial charge in [0.25, 0.3) is 5.91 Å². The van der Waals surface area contributed by atoms with Crippen molar-refractivity contribution in [2.45, 2.75) is 32.7 Å². The monoisotopic (exact) mass is 341 g/mol. The number of methoxy groups -OCH3 is 1. The zero-order valence-electron chi connectivity index (χ0n) is 14.7. The number of rotatable bonds is 5. The third-order valence-corrected chi connectivity index (χ3v) is 4.18. The first-order valence-corrected chi connectivity index (χ1v) is 8.53. The lowest BCUT2D eigenvalue weighted by molar-refractivity contribution is 0.0949. The van der Waals surface area contributed by atoms with Crippen LogP contribution in [0.25, 0.3) is 0 Å². The molecule has 0 bridgehead atoms. The Balaban J connectivity index is 1.65. The molecule has 2 aromatic heterocycles. The molecule has 1 aliphatic rings. The summed E-state index contributed by atoms with van der Waals surface area (Å²) in [6.45, 7) is 4.29. The molecule has 3 rings (SSSR count). The van der Waals surface area contributed by atoms with E-state index in [2.05, 4.69) is 25.2 Å². The van der Waals surface area contributed by atoms with E-state index in [4.69, 9.17) is 4.74 Å². The molecule has 1 N–H and O–H groups in total. The lowest BCUT2D eigenvalue weighted by Gasteiger charge is -2.28. The molecule has 0 radical (unpaired) electrons. The van der Waals surface area contributed by atoms with Gasteiger partial charge in [0, 0.05) is 37.1 Å². The summed E-state index contributed by atoms with van der Waals surface area (Å²) in [5.74, 6) is 1.84. The number of piperidine rings is 1. The number of ether oxygens (including phenoxy) is 1.